The third-order valence-electron chi connectivity index (χ3n) is 7.24. The van der Waals surface area contributed by atoms with Gasteiger partial charge < -0.3 is 33.5 Å². The van der Waals surface area contributed by atoms with Gasteiger partial charge in [-0.15, -0.1) is 0 Å². The van der Waals surface area contributed by atoms with E-state index in [2.05, 4.69) is 0 Å². The molecule has 0 radical (unpaired) electrons. The molecule has 0 saturated carbocycles. The van der Waals surface area contributed by atoms with Gasteiger partial charge in [-0.2, -0.15) is 0 Å². The number of aliphatic hydroxyl groups is 1. The molecule has 1 N–H and O–H groups in total. The highest BCUT2D eigenvalue weighted by molar-refractivity contribution is 6.29. The number of aliphatic hydroxyl groups excluding tert-OH is 1. The Morgan fingerprint density at radius 1 is 1.19 bits per heavy atom. The van der Waals surface area contributed by atoms with Crippen LogP contribution in [0.25, 0.3) is 0 Å². The number of carbonyl (C=O) groups excluding carboxylic acids is 3. The molecule has 1 aromatic carbocycles. The van der Waals surface area contributed by atoms with Gasteiger partial charge in [0.15, 0.2) is 0 Å². The fraction of sp³-hybridized carbons (Fsp3) is 0.531. The van der Waals surface area contributed by atoms with Crippen molar-refractivity contribution in [3.05, 3.63) is 58.2 Å². The second-order valence-corrected chi connectivity index (χ2v) is 11.2. The third kappa shape index (κ3) is 10.7. The first-order valence-electron chi connectivity index (χ1n) is 14.2. The molecule has 2 aliphatic heterocycles. The van der Waals surface area contributed by atoms with E-state index in [0.29, 0.717) is 58.9 Å². The Kier molecular flexibility index (Phi) is 13.1. The van der Waals surface area contributed by atoms with Crippen molar-refractivity contribution in [3.63, 3.8) is 0 Å². The fourth-order valence-electron chi connectivity index (χ4n) is 4.98. The maximum Gasteiger partial charge on any atom is 0.310 e. The Morgan fingerprint density at radius 3 is 2.65 bits per heavy atom. The van der Waals surface area contributed by atoms with Crippen molar-refractivity contribution in [1.82, 2.24) is 0 Å². The molecular weight excluding hydrogens is 580 g/mol. The number of hydrogen-bond acceptors (Lipinski definition) is 10. The maximum absolute atomic E-state index is 12.9. The smallest absolute Gasteiger partial charge is 0.310 e. The van der Waals surface area contributed by atoms with E-state index in [4.69, 9.17) is 40.0 Å². The van der Waals surface area contributed by atoms with Crippen molar-refractivity contribution < 1.29 is 47.9 Å². The van der Waals surface area contributed by atoms with Crippen LogP contribution in [0.2, 0.25) is 0 Å². The lowest BCUT2D eigenvalue weighted by Gasteiger charge is -2.24. The molecule has 11 heteroatoms. The second kappa shape index (κ2) is 16.5. The summed E-state index contributed by atoms with van der Waals surface area (Å²) in [5, 5.41) is 11.8. The quantitative estimate of drug-likeness (QED) is 0.227. The van der Waals surface area contributed by atoms with E-state index in [1.54, 1.807) is 39.2 Å². The molecule has 236 valence electrons. The predicted octanol–water partition coefficient (Wildman–Crippen LogP) is 5.09. The summed E-state index contributed by atoms with van der Waals surface area (Å²) >= 11 is 6.42. The molecule has 0 unspecified atom stereocenters. The van der Waals surface area contributed by atoms with E-state index in [9.17, 15) is 19.5 Å². The summed E-state index contributed by atoms with van der Waals surface area (Å²) in [5.74, 6) is -0.421. The van der Waals surface area contributed by atoms with Gasteiger partial charge in [-0.25, -0.2) is 0 Å². The average Bonchev–Trinajstić information content (AvgIpc) is 3.36. The number of fused-ring (bicyclic) bond motifs is 2. The van der Waals surface area contributed by atoms with E-state index < -0.39 is 42.3 Å². The van der Waals surface area contributed by atoms with Crippen LogP contribution < -0.4 is 9.47 Å². The van der Waals surface area contributed by atoms with E-state index in [-0.39, 0.29) is 25.6 Å². The molecule has 3 rings (SSSR count). The normalized spacial score (nSPS) is 26.5. The van der Waals surface area contributed by atoms with Crippen LogP contribution in [0, 0.1) is 0 Å². The fourth-order valence-corrected chi connectivity index (χ4v) is 5.18. The summed E-state index contributed by atoms with van der Waals surface area (Å²) in [6.07, 6.45) is 3.15. The highest BCUT2D eigenvalue weighted by atomic mass is 35.5. The third-order valence-corrected chi connectivity index (χ3v) is 7.59. The average molecular weight is 621 g/mol. The van der Waals surface area contributed by atoms with Gasteiger partial charge >= 0.3 is 17.9 Å². The Labute approximate surface area is 257 Å². The summed E-state index contributed by atoms with van der Waals surface area (Å²) in [6, 6.07) is 5.21. The van der Waals surface area contributed by atoms with Gasteiger partial charge in [0, 0.05) is 30.0 Å². The topological polar surface area (TPSA) is 127 Å². The molecular formula is C32H41ClO10. The van der Waals surface area contributed by atoms with E-state index in [0.717, 1.165) is 0 Å². The second-order valence-electron chi connectivity index (χ2n) is 10.7. The molecule has 0 aliphatic carbocycles. The van der Waals surface area contributed by atoms with Crippen LogP contribution in [0.15, 0.2) is 52.6 Å². The van der Waals surface area contributed by atoms with Crippen molar-refractivity contribution >= 4 is 29.5 Å². The summed E-state index contributed by atoms with van der Waals surface area (Å²) in [6.45, 7) is 4.77. The standard InChI is InChI=1S/C32H41ClO10/c1-19(14-30(36)40-18-22-9-11-24(38-4)15-28(22)39-5)13-26(35)32-29-16-25(42-32)12-10-23(33)8-6-7-20(2)27(41-21(3)34)17-31(37)43-29/h7-9,11,13,15,25-27,29,32,35H,6,10,12,14,16-18H2,1-5H3/b19-13+,20-7-,23-8-/t25-,26-,27-,29-,32-/m1/s1. The lowest BCUT2D eigenvalue weighted by atomic mass is 10.0. The maximum atomic E-state index is 12.9. The van der Waals surface area contributed by atoms with Gasteiger partial charge in [-0.05, 0) is 50.8 Å². The molecule has 1 aromatic rings. The number of allylic oxidation sites excluding steroid dienone is 3. The highest BCUT2D eigenvalue weighted by Gasteiger charge is 2.41. The Morgan fingerprint density at radius 2 is 1.95 bits per heavy atom. The zero-order valence-electron chi connectivity index (χ0n) is 25.3. The molecule has 1 fully saturated rings. The summed E-state index contributed by atoms with van der Waals surface area (Å²) in [4.78, 5) is 37.2. The van der Waals surface area contributed by atoms with E-state index in [1.165, 1.54) is 20.1 Å². The zero-order chi connectivity index (χ0) is 31.5. The number of carbonyl (C=O) groups is 3. The number of benzene rings is 1. The lowest BCUT2D eigenvalue weighted by Crippen LogP contribution is -2.37. The van der Waals surface area contributed by atoms with Gasteiger partial charge in [-0.1, -0.05) is 35.4 Å². The molecule has 2 heterocycles. The Hall–Kier alpha value is -3.34. The van der Waals surface area contributed by atoms with Crippen molar-refractivity contribution in [3.8, 4) is 11.5 Å². The van der Waals surface area contributed by atoms with Crippen LogP contribution in [0.3, 0.4) is 0 Å². The number of rotatable bonds is 9. The van der Waals surface area contributed by atoms with Crippen LogP contribution >= 0.6 is 11.6 Å². The molecule has 0 aromatic heterocycles. The van der Waals surface area contributed by atoms with Gasteiger partial charge in [0.25, 0.3) is 0 Å². The number of ether oxygens (including phenoxy) is 6. The van der Waals surface area contributed by atoms with Crippen LogP contribution in [0.4, 0.5) is 0 Å². The van der Waals surface area contributed by atoms with Gasteiger partial charge in [-0.3, -0.25) is 14.4 Å². The van der Waals surface area contributed by atoms with Crippen molar-refractivity contribution in [2.75, 3.05) is 14.2 Å². The molecule has 2 bridgehead atoms. The van der Waals surface area contributed by atoms with Crippen molar-refractivity contribution in [2.24, 2.45) is 0 Å². The van der Waals surface area contributed by atoms with Crippen LogP contribution in [-0.4, -0.2) is 67.8 Å². The molecule has 0 spiro atoms. The molecule has 43 heavy (non-hydrogen) atoms. The highest BCUT2D eigenvalue weighted by Crippen LogP contribution is 2.32. The molecule has 5 atom stereocenters. The molecule has 0 amide bonds. The van der Waals surface area contributed by atoms with Gasteiger partial charge in [0.1, 0.15) is 42.5 Å². The molecule has 2 aliphatic rings. The Bertz CT molecular complexity index is 1240. The number of esters is 3. The van der Waals surface area contributed by atoms with Crippen LogP contribution in [-0.2, 0) is 39.9 Å². The SMILES string of the molecule is COc1ccc(COC(=O)C/C(C)=C/[C@@H](O)[C@H]2O[C@@H]3CC/C(Cl)=C/C/C=C(/C)[C@H](OC(C)=O)CC(=O)O[C@@H]2C3)c(OC)c1. The van der Waals surface area contributed by atoms with Crippen molar-refractivity contribution in [2.45, 2.75) is 96.4 Å². The first kappa shape index (κ1) is 34.2. The first-order valence-corrected chi connectivity index (χ1v) is 14.6. The minimum Gasteiger partial charge on any atom is -0.497 e. The number of hydrogen-bond donors (Lipinski definition) is 1. The van der Waals surface area contributed by atoms with Crippen LogP contribution in [0.5, 0.6) is 11.5 Å². The summed E-state index contributed by atoms with van der Waals surface area (Å²) in [7, 11) is 3.07. The lowest BCUT2D eigenvalue weighted by molar-refractivity contribution is -0.159. The number of methoxy groups -OCH3 is 2. The van der Waals surface area contributed by atoms with E-state index in [1.807, 2.05) is 12.2 Å². The minimum atomic E-state index is -1.16. The largest absolute Gasteiger partial charge is 0.497 e. The molecule has 10 nitrogen and oxygen atoms in total. The van der Waals surface area contributed by atoms with Gasteiger partial charge in [0.05, 0.1) is 33.2 Å². The monoisotopic (exact) mass is 620 g/mol. The van der Waals surface area contributed by atoms with Crippen molar-refractivity contribution in [1.29, 1.82) is 0 Å². The summed E-state index contributed by atoms with van der Waals surface area (Å²) < 4.78 is 33.2. The zero-order valence-corrected chi connectivity index (χ0v) is 26.1. The van der Waals surface area contributed by atoms with Crippen LogP contribution in [0.1, 0.15) is 64.9 Å². The van der Waals surface area contributed by atoms with Gasteiger partial charge in [0.2, 0.25) is 0 Å². The predicted molar refractivity (Wildman–Crippen MR) is 159 cm³/mol. The number of halogens is 1. The Balaban J connectivity index is 1.67. The summed E-state index contributed by atoms with van der Waals surface area (Å²) in [5.41, 5.74) is 1.95. The van der Waals surface area contributed by atoms with E-state index >= 15 is 0 Å². The molecule has 1 saturated heterocycles. The first-order chi connectivity index (χ1) is 20.5. The minimum absolute atomic E-state index is 0.00722.